The highest BCUT2D eigenvalue weighted by Gasteiger charge is 2.22. The Morgan fingerprint density at radius 2 is 2.14 bits per heavy atom. The van der Waals surface area contributed by atoms with Gasteiger partial charge >= 0.3 is 0 Å². The van der Waals surface area contributed by atoms with E-state index in [4.69, 9.17) is 4.42 Å². The highest BCUT2D eigenvalue weighted by molar-refractivity contribution is 6.01. The minimum Gasteiger partial charge on any atom is -0.456 e. The van der Waals surface area contributed by atoms with Gasteiger partial charge in [0.15, 0.2) is 11.6 Å². The number of amides is 1. The van der Waals surface area contributed by atoms with Gasteiger partial charge in [-0.25, -0.2) is 4.68 Å². The van der Waals surface area contributed by atoms with Gasteiger partial charge in [0, 0.05) is 13.0 Å². The molecule has 0 unspecified atom stereocenters. The van der Waals surface area contributed by atoms with Crippen molar-refractivity contribution in [1.82, 2.24) is 20.1 Å². The van der Waals surface area contributed by atoms with E-state index in [9.17, 15) is 4.79 Å². The Bertz CT molecular complexity index is 645. The van der Waals surface area contributed by atoms with Crippen LogP contribution < -0.4 is 10.6 Å². The highest BCUT2D eigenvalue weighted by Crippen LogP contribution is 2.23. The van der Waals surface area contributed by atoms with Crippen LogP contribution in [-0.4, -0.2) is 33.8 Å². The normalized spacial score (nSPS) is 15.4. The van der Waals surface area contributed by atoms with Gasteiger partial charge in [-0.2, -0.15) is 10.1 Å². The fourth-order valence-corrected chi connectivity index (χ4v) is 2.49. The number of nitrogens with zero attached hydrogens (tertiary/aromatic N) is 3. The summed E-state index contributed by atoms with van der Waals surface area (Å²) in [6.07, 6.45) is 2.05. The zero-order chi connectivity index (χ0) is 14.8. The van der Waals surface area contributed by atoms with Crippen molar-refractivity contribution in [3.8, 4) is 0 Å². The Labute approximate surface area is 134 Å². The van der Waals surface area contributed by atoms with E-state index in [1.807, 2.05) is 0 Å². The fourth-order valence-electron chi connectivity index (χ4n) is 2.49. The molecule has 8 heteroatoms. The van der Waals surface area contributed by atoms with E-state index in [0.29, 0.717) is 17.6 Å². The Morgan fingerprint density at radius 1 is 1.41 bits per heavy atom. The molecule has 2 aromatic rings. The maximum Gasteiger partial charge on any atom is 0.293 e. The molecular formula is C14H20ClN5O2. The summed E-state index contributed by atoms with van der Waals surface area (Å²) in [6.45, 7) is 3.76. The quantitative estimate of drug-likeness (QED) is 0.899. The molecule has 0 radical (unpaired) electrons. The summed E-state index contributed by atoms with van der Waals surface area (Å²) in [5.41, 5.74) is 0. The van der Waals surface area contributed by atoms with Gasteiger partial charge in [-0.15, -0.1) is 12.4 Å². The summed E-state index contributed by atoms with van der Waals surface area (Å²) in [6, 6.07) is 3.40. The number of carbonyl (C=O) groups is 1. The first-order chi connectivity index (χ1) is 10.1. The van der Waals surface area contributed by atoms with Crippen LogP contribution in [0.4, 0.5) is 5.95 Å². The van der Waals surface area contributed by atoms with Crippen molar-refractivity contribution in [2.75, 3.05) is 18.4 Å². The smallest absolute Gasteiger partial charge is 0.293 e. The zero-order valence-electron chi connectivity index (χ0n) is 12.6. The van der Waals surface area contributed by atoms with Gasteiger partial charge in [0.1, 0.15) is 5.76 Å². The Balaban J connectivity index is 0.00000176. The number of anilines is 1. The van der Waals surface area contributed by atoms with Crippen LogP contribution in [0.1, 0.15) is 40.9 Å². The van der Waals surface area contributed by atoms with E-state index >= 15 is 0 Å². The summed E-state index contributed by atoms with van der Waals surface area (Å²) >= 11 is 0. The predicted molar refractivity (Wildman–Crippen MR) is 84.5 cm³/mol. The van der Waals surface area contributed by atoms with Crippen molar-refractivity contribution in [2.24, 2.45) is 7.05 Å². The third-order valence-electron chi connectivity index (χ3n) is 3.67. The van der Waals surface area contributed by atoms with E-state index < -0.39 is 0 Å². The molecule has 0 saturated carbocycles. The summed E-state index contributed by atoms with van der Waals surface area (Å²) in [5, 5.41) is 10.5. The molecular weight excluding hydrogens is 306 g/mol. The van der Waals surface area contributed by atoms with Gasteiger partial charge in [0.05, 0.1) is 0 Å². The highest BCUT2D eigenvalue weighted by atomic mass is 35.5. The van der Waals surface area contributed by atoms with Gasteiger partial charge < -0.3 is 9.73 Å². The number of nitrogens with one attached hydrogen (secondary N) is 2. The van der Waals surface area contributed by atoms with Crippen LogP contribution in [0.5, 0.6) is 0 Å². The van der Waals surface area contributed by atoms with Crippen LogP contribution in [0.25, 0.3) is 0 Å². The molecule has 0 spiro atoms. The average Bonchev–Trinajstić information content (AvgIpc) is 3.07. The molecule has 2 N–H and O–H groups in total. The lowest BCUT2D eigenvalue weighted by Gasteiger charge is -2.19. The van der Waals surface area contributed by atoms with Crippen LogP contribution in [0.3, 0.4) is 0 Å². The SMILES string of the molecule is Cc1ccc(C(=O)Nc2nc(C3CCNCC3)nn2C)o1.Cl. The van der Waals surface area contributed by atoms with Gasteiger partial charge in [-0.1, -0.05) is 0 Å². The van der Waals surface area contributed by atoms with E-state index in [1.165, 1.54) is 0 Å². The van der Waals surface area contributed by atoms with Crippen LogP contribution in [-0.2, 0) is 7.05 Å². The van der Waals surface area contributed by atoms with Crippen molar-refractivity contribution >= 4 is 24.3 Å². The Hall–Kier alpha value is -1.86. The summed E-state index contributed by atoms with van der Waals surface area (Å²) in [7, 11) is 1.78. The minimum atomic E-state index is -0.310. The average molecular weight is 326 g/mol. The molecule has 1 saturated heterocycles. The summed E-state index contributed by atoms with van der Waals surface area (Å²) in [4.78, 5) is 16.5. The van der Waals surface area contributed by atoms with Crippen LogP contribution in [0.2, 0.25) is 0 Å². The van der Waals surface area contributed by atoms with E-state index in [1.54, 1.807) is 30.8 Å². The lowest BCUT2D eigenvalue weighted by Crippen LogP contribution is -2.27. The number of rotatable bonds is 3. The maximum absolute atomic E-state index is 12.1. The molecule has 7 nitrogen and oxygen atoms in total. The first kappa shape index (κ1) is 16.5. The second kappa shape index (κ2) is 6.93. The second-order valence-corrected chi connectivity index (χ2v) is 5.31. The molecule has 0 atom stereocenters. The third kappa shape index (κ3) is 3.48. The number of aromatic nitrogens is 3. The largest absolute Gasteiger partial charge is 0.456 e. The van der Waals surface area contributed by atoms with E-state index in [2.05, 4.69) is 20.7 Å². The monoisotopic (exact) mass is 325 g/mol. The topological polar surface area (TPSA) is 85.0 Å². The molecule has 1 amide bonds. The fraction of sp³-hybridized carbons (Fsp3) is 0.500. The standard InChI is InChI=1S/C14H19N5O2.ClH/c1-9-3-4-11(21-9)13(20)17-14-16-12(18-19(14)2)10-5-7-15-8-6-10;/h3-4,10,15H,5-8H2,1-2H3,(H,16,17,18,20);1H. The molecule has 3 rings (SSSR count). The molecule has 0 aliphatic carbocycles. The Kier molecular flexibility index (Phi) is 5.20. The molecule has 1 fully saturated rings. The number of hydrogen-bond acceptors (Lipinski definition) is 5. The summed E-state index contributed by atoms with van der Waals surface area (Å²) < 4.78 is 6.90. The lowest BCUT2D eigenvalue weighted by molar-refractivity contribution is 0.0994. The van der Waals surface area contributed by atoms with Crippen LogP contribution in [0, 0.1) is 6.92 Å². The number of hydrogen-bond donors (Lipinski definition) is 2. The molecule has 1 aliphatic rings. The van der Waals surface area contributed by atoms with Crippen molar-refractivity contribution < 1.29 is 9.21 Å². The molecule has 0 aromatic carbocycles. The molecule has 3 heterocycles. The Morgan fingerprint density at radius 3 is 2.77 bits per heavy atom. The number of furan rings is 1. The van der Waals surface area contributed by atoms with Crippen LogP contribution >= 0.6 is 12.4 Å². The lowest BCUT2D eigenvalue weighted by atomic mass is 9.98. The first-order valence-electron chi connectivity index (χ1n) is 7.13. The van der Waals surface area contributed by atoms with Gasteiger partial charge in [0.2, 0.25) is 5.95 Å². The maximum atomic E-state index is 12.1. The molecule has 22 heavy (non-hydrogen) atoms. The van der Waals surface area contributed by atoms with Crippen molar-refractivity contribution in [3.05, 3.63) is 29.5 Å². The van der Waals surface area contributed by atoms with Crippen molar-refractivity contribution in [2.45, 2.75) is 25.7 Å². The first-order valence-corrected chi connectivity index (χ1v) is 7.13. The second-order valence-electron chi connectivity index (χ2n) is 5.31. The number of aryl methyl sites for hydroxylation is 2. The van der Waals surface area contributed by atoms with Crippen molar-refractivity contribution in [1.29, 1.82) is 0 Å². The molecule has 0 bridgehead atoms. The van der Waals surface area contributed by atoms with Crippen molar-refractivity contribution in [3.63, 3.8) is 0 Å². The molecule has 1 aliphatic heterocycles. The minimum absolute atomic E-state index is 0. The summed E-state index contributed by atoms with van der Waals surface area (Å²) in [5.74, 6) is 2.27. The third-order valence-corrected chi connectivity index (χ3v) is 3.67. The van der Waals surface area contributed by atoms with Gasteiger partial charge in [-0.3, -0.25) is 10.1 Å². The number of carbonyl (C=O) groups excluding carboxylic acids is 1. The molecule has 120 valence electrons. The number of halogens is 1. The predicted octanol–water partition coefficient (Wildman–Crippen LogP) is 1.86. The molecule has 2 aromatic heterocycles. The van der Waals surface area contributed by atoms with E-state index in [0.717, 1.165) is 31.8 Å². The van der Waals surface area contributed by atoms with Gasteiger partial charge in [0.25, 0.3) is 5.91 Å². The number of piperidine rings is 1. The zero-order valence-corrected chi connectivity index (χ0v) is 13.4. The van der Waals surface area contributed by atoms with Gasteiger partial charge in [-0.05, 0) is 45.0 Å². The van der Waals surface area contributed by atoms with Crippen LogP contribution in [0.15, 0.2) is 16.5 Å². The van der Waals surface area contributed by atoms with E-state index in [-0.39, 0.29) is 24.1 Å².